The number of hydrogen-bond donors (Lipinski definition) is 1. The summed E-state index contributed by atoms with van der Waals surface area (Å²) < 4.78 is 1.88. The number of aromatic carboxylic acids is 1. The van der Waals surface area contributed by atoms with Crippen LogP contribution >= 0.6 is 0 Å². The minimum Gasteiger partial charge on any atom is -0.478 e. The second-order valence-electron chi connectivity index (χ2n) is 3.23. The van der Waals surface area contributed by atoms with Crippen LogP contribution in [0.2, 0.25) is 0 Å². The summed E-state index contributed by atoms with van der Waals surface area (Å²) in [6, 6.07) is 4.93. The Morgan fingerprint density at radius 1 is 1.50 bits per heavy atom. The van der Waals surface area contributed by atoms with Crippen molar-refractivity contribution in [3.63, 3.8) is 0 Å². The summed E-state index contributed by atoms with van der Waals surface area (Å²) in [4.78, 5) is 15.0. The molecule has 1 aromatic carbocycles. The third-order valence-corrected chi connectivity index (χ3v) is 2.35. The largest absolute Gasteiger partial charge is 0.478 e. The molecule has 0 spiro atoms. The van der Waals surface area contributed by atoms with Crippen molar-refractivity contribution in [3.8, 4) is 0 Å². The average Bonchev–Trinajstić information content (AvgIpc) is 2.43. The van der Waals surface area contributed by atoms with Crippen LogP contribution in [0.4, 0.5) is 0 Å². The number of imidazole rings is 1. The van der Waals surface area contributed by atoms with Crippen molar-refractivity contribution in [3.05, 3.63) is 29.6 Å². The van der Waals surface area contributed by atoms with Crippen molar-refractivity contribution in [2.75, 3.05) is 0 Å². The lowest BCUT2D eigenvalue weighted by Crippen LogP contribution is -1.96. The Morgan fingerprint density at radius 2 is 2.21 bits per heavy atom. The highest BCUT2D eigenvalue weighted by Crippen LogP contribution is 2.16. The fourth-order valence-electron chi connectivity index (χ4n) is 1.44. The van der Waals surface area contributed by atoms with Crippen molar-refractivity contribution < 1.29 is 9.90 Å². The molecule has 0 bridgehead atoms. The number of hydrogen-bond acceptors (Lipinski definition) is 2. The number of nitrogens with zero attached hydrogens (tertiary/aromatic N) is 2. The van der Waals surface area contributed by atoms with Gasteiger partial charge < -0.3 is 9.67 Å². The van der Waals surface area contributed by atoms with Crippen LogP contribution in [0.25, 0.3) is 11.0 Å². The van der Waals surface area contributed by atoms with Gasteiger partial charge in [0.05, 0.1) is 16.6 Å². The third-order valence-electron chi connectivity index (χ3n) is 2.35. The van der Waals surface area contributed by atoms with Gasteiger partial charge in [0.25, 0.3) is 0 Å². The van der Waals surface area contributed by atoms with Gasteiger partial charge in [-0.05, 0) is 25.1 Å². The lowest BCUT2D eigenvalue weighted by Gasteiger charge is -1.97. The van der Waals surface area contributed by atoms with Gasteiger partial charge >= 0.3 is 5.97 Å². The third kappa shape index (κ3) is 1.16. The molecule has 4 heteroatoms. The van der Waals surface area contributed by atoms with Gasteiger partial charge in [-0.15, -0.1) is 0 Å². The second-order valence-corrected chi connectivity index (χ2v) is 3.23. The molecule has 0 saturated heterocycles. The van der Waals surface area contributed by atoms with Crippen molar-refractivity contribution in [1.29, 1.82) is 0 Å². The Bertz CT molecular complexity index is 514. The number of carboxylic acid groups (broad SMARTS) is 1. The van der Waals surface area contributed by atoms with E-state index in [1.807, 2.05) is 18.5 Å². The van der Waals surface area contributed by atoms with Crippen LogP contribution < -0.4 is 0 Å². The fourth-order valence-corrected chi connectivity index (χ4v) is 1.44. The molecule has 1 heterocycles. The maximum absolute atomic E-state index is 10.7. The standard InChI is InChI=1S/C10H10N2O2/c1-6-11-8-4-3-7(10(13)14)5-9(8)12(6)2/h3-5H,1-2H3,(H,13,14). The van der Waals surface area contributed by atoms with E-state index in [1.54, 1.807) is 18.2 Å². The summed E-state index contributed by atoms with van der Waals surface area (Å²) in [5.74, 6) is -0.0340. The second kappa shape index (κ2) is 2.83. The normalized spacial score (nSPS) is 10.7. The first-order valence-corrected chi connectivity index (χ1v) is 4.26. The molecule has 2 rings (SSSR count). The molecule has 0 aliphatic heterocycles. The van der Waals surface area contributed by atoms with E-state index < -0.39 is 5.97 Å². The highest BCUT2D eigenvalue weighted by molar-refractivity contribution is 5.92. The monoisotopic (exact) mass is 190 g/mol. The number of benzene rings is 1. The van der Waals surface area contributed by atoms with E-state index in [0.29, 0.717) is 5.56 Å². The van der Waals surface area contributed by atoms with Crippen LogP contribution in [0.1, 0.15) is 16.2 Å². The van der Waals surface area contributed by atoms with E-state index in [2.05, 4.69) is 4.98 Å². The molecule has 0 unspecified atom stereocenters. The predicted octanol–water partition coefficient (Wildman–Crippen LogP) is 1.58. The first-order chi connectivity index (χ1) is 6.59. The Balaban J connectivity index is 2.76. The van der Waals surface area contributed by atoms with Gasteiger partial charge in [0, 0.05) is 7.05 Å². The van der Waals surface area contributed by atoms with Gasteiger partial charge in [0.15, 0.2) is 0 Å². The molecule has 1 N–H and O–H groups in total. The molecule has 14 heavy (non-hydrogen) atoms. The van der Waals surface area contributed by atoms with E-state index >= 15 is 0 Å². The van der Waals surface area contributed by atoms with Gasteiger partial charge in [-0.1, -0.05) is 0 Å². The van der Waals surface area contributed by atoms with Crippen molar-refractivity contribution in [1.82, 2.24) is 9.55 Å². The molecule has 2 aromatic rings. The van der Waals surface area contributed by atoms with E-state index in [1.165, 1.54) is 0 Å². The number of fused-ring (bicyclic) bond motifs is 1. The number of carboxylic acids is 1. The van der Waals surface area contributed by atoms with Crippen LogP contribution in [-0.2, 0) is 7.05 Å². The van der Waals surface area contributed by atoms with Crippen LogP contribution in [0, 0.1) is 6.92 Å². The van der Waals surface area contributed by atoms with Crippen LogP contribution in [0.15, 0.2) is 18.2 Å². The molecule has 0 amide bonds. The molecule has 0 atom stereocenters. The molecule has 0 radical (unpaired) electrons. The highest BCUT2D eigenvalue weighted by Gasteiger charge is 2.07. The minimum atomic E-state index is -0.911. The van der Waals surface area contributed by atoms with E-state index in [0.717, 1.165) is 16.9 Å². The van der Waals surface area contributed by atoms with Gasteiger partial charge in [0.1, 0.15) is 5.82 Å². The molecular weight excluding hydrogens is 180 g/mol. The Hall–Kier alpha value is -1.84. The summed E-state index contributed by atoms with van der Waals surface area (Å²) in [5.41, 5.74) is 1.97. The summed E-state index contributed by atoms with van der Waals surface area (Å²) in [5, 5.41) is 8.81. The van der Waals surface area contributed by atoms with Crippen LogP contribution in [0.5, 0.6) is 0 Å². The fraction of sp³-hybridized carbons (Fsp3) is 0.200. The van der Waals surface area contributed by atoms with Crippen molar-refractivity contribution in [2.45, 2.75) is 6.92 Å². The van der Waals surface area contributed by atoms with Gasteiger partial charge in [-0.25, -0.2) is 9.78 Å². The zero-order valence-corrected chi connectivity index (χ0v) is 7.98. The summed E-state index contributed by atoms with van der Waals surface area (Å²) in [6.45, 7) is 1.89. The zero-order chi connectivity index (χ0) is 10.3. The average molecular weight is 190 g/mol. The molecule has 72 valence electrons. The first-order valence-electron chi connectivity index (χ1n) is 4.26. The predicted molar refractivity (Wildman–Crippen MR) is 52.4 cm³/mol. The topological polar surface area (TPSA) is 55.1 Å². The highest BCUT2D eigenvalue weighted by atomic mass is 16.4. The van der Waals surface area contributed by atoms with E-state index in [4.69, 9.17) is 5.11 Å². The molecule has 0 saturated carbocycles. The van der Waals surface area contributed by atoms with Crippen LogP contribution in [-0.4, -0.2) is 20.6 Å². The van der Waals surface area contributed by atoms with Crippen molar-refractivity contribution >= 4 is 17.0 Å². The quantitative estimate of drug-likeness (QED) is 0.742. The zero-order valence-electron chi connectivity index (χ0n) is 7.98. The lowest BCUT2D eigenvalue weighted by atomic mass is 10.2. The van der Waals surface area contributed by atoms with Gasteiger partial charge in [-0.2, -0.15) is 0 Å². The molecule has 0 fully saturated rings. The SMILES string of the molecule is Cc1nc2ccc(C(=O)O)cc2n1C. The Kier molecular flexibility index (Phi) is 1.77. The van der Waals surface area contributed by atoms with Gasteiger partial charge in [0.2, 0.25) is 0 Å². The first kappa shape index (κ1) is 8.74. The molecule has 1 aromatic heterocycles. The number of rotatable bonds is 1. The maximum atomic E-state index is 10.7. The Morgan fingerprint density at radius 3 is 2.86 bits per heavy atom. The number of aryl methyl sites for hydroxylation is 2. The number of carbonyl (C=O) groups is 1. The molecule has 0 aliphatic carbocycles. The maximum Gasteiger partial charge on any atom is 0.335 e. The summed E-state index contributed by atoms with van der Waals surface area (Å²) in [7, 11) is 1.87. The lowest BCUT2D eigenvalue weighted by molar-refractivity contribution is 0.0697. The Labute approximate surface area is 80.8 Å². The molecule has 0 aliphatic rings. The molecular formula is C10H10N2O2. The minimum absolute atomic E-state index is 0.292. The summed E-state index contributed by atoms with van der Waals surface area (Å²) in [6.07, 6.45) is 0. The van der Waals surface area contributed by atoms with Crippen molar-refractivity contribution in [2.24, 2.45) is 7.05 Å². The van der Waals surface area contributed by atoms with Crippen LogP contribution in [0.3, 0.4) is 0 Å². The molecule has 4 nitrogen and oxygen atoms in total. The van der Waals surface area contributed by atoms with E-state index in [-0.39, 0.29) is 0 Å². The van der Waals surface area contributed by atoms with Gasteiger partial charge in [-0.3, -0.25) is 0 Å². The smallest absolute Gasteiger partial charge is 0.335 e. The number of aromatic nitrogens is 2. The van der Waals surface area contributed by atoms with E-state index in [9.17, 15) is 4.79 Å². The summed E-state index contributed by atoms with van der Waals surface area (Å²) >= 11 is 0.